The molecule has 0 spiro atoms. The number of carbonyl (C=O) groups is 1. The summed E-state index contributed by atoms with van der Waals surface area (Å²) in [7, 11) is -3.70. The minimum Gasteiger partial charge on any atom is -0.507 e. The third kappa shape index (κ3) is 4.43. The number of halogens is 1. The molecule has 1 fully saturated rings. The number of anilines is 1. The molecule has 0 atom stereocenters. The Labute approximate surface area is 156 Å². The highest BCUT2D eigenvalue weighted by Crippen LogP contribution is 2.26. The summed E-state index contributed by atoms with van der Waals surface area (Å²) in [6, 6.07) is 7.26. The van der Waals surface area contributed by atoms with E-state index < -0.39 is 10.0 Å². The van der Waals surface area contributed by atoms with Crippen LogP contribution in [0.4, 0.5) is 5.69 Å². The van der Waals surface area contributed by atoms with Crippen molar-refractivity contribution in [1.82, 2.24) is 10.2 Å². The molecule has 3 N–H and O–H groups in total. The van der Waals surface area contributed by atoms with Crippen LogP contribution in [0.25, 0.3) is 0 Å². The number of amides is 1. The van der Waals surface area contributed by atoms with Crippen LogP contribution in [0.15, 0.2) is 39.9 Å². The maximum Gasteiger partial charge on any atom is 0.271 e. The molecule has 3 rings (SSSR count). The van der Waals surface area contributed by atoms with E-state index in [1.807, 2.05) is 0 Å². The van der Waals surface area contributed by atoms with Crippen LogP contribution in [0.3, 0.4) is 0 Å². The van der Waals surface area contributed by atoms with Gasteiger partial charge in [0.1, 0.15) is 9.96 Å². The maximum absolute atomic E-state index is 12.5. The second-order valence-electron chi connectivity index (χ2n) is 5.31. The number of nitrogens with zero attached hydrogens (tertiary/aromatic N) is 1. The van der Waals surface area contributed by atoms with Crippen LogP contribution in [-0.2, 0) is 10.0 Å². The molecular formula is C15H18ClN3O4S2. The van der Waals surface area contributed by atoms with Gasteiger partial charge >= 0.3 is 0 Å². The van der Waals surface area contributed by atoms with Gasteiger partial charge in [0.25, 0.3) is 15.9 Å². The number of sulfonamides is 1. The van der Waals surface area contributed by atoms with Crippen molar-refractivity contribution in [3.63, 3.8) is 0 Å². The highest BCUT2D eigenvalue weighted by molar-refractivity contribution is 7.94. The van der Waals surface area contributed by atoms with E-state index in [4.69, 9.17) is 0 Å². The van der Waals surface area contributed by atoms with Crippen molar-refractivity contribution >= 4 is 45.4 Å². The number of hydrogen-bond acceptors (Lipinski definition) is 6. The Hall–Kier alpha value is -1.81. The highest BCUT2D eigenvalue weighted by Gasteiger charge is 2.22. The molecule has 0 bridgehead atoms. The van der Waals surface area contributed by atoms with Gasteiger partial charge in [0.2, 0.25) is 0 Å². The summed E-state index contributed by atoms with van der Waals surface area (Å²) in [5.41, 5.74) is 0.322. The van der Waals surface area contributed by atoms with Crippen molar-refractivity contribution in [2.45, 2.75) is 4.21 Å². The first-order valence-electron chi connectivity index (χ1n) is 7.37. The second-order valence-corrected chi connectivity index (χ2v) is 8.17. The molecule has 1 aliphatic heterocycles. The summed E-state index contributed by atoms with van der Waals surface area (Å²) in [6.07, 6.45) is 0. The molecule has 0 unspecified atom stereocenters. The molecule has 2 aromatic rings. The molecule has 10 heteroatoms. The molecule has 0 aliphatic carbocycles. The first kappa shape index (κ1) is 19.5. The Morgan fingerprint density at radius 3 is 2.60 bits per heavy atom. The lowest BCUT2D eigenvalue weighted by molar-refractivity contribution is 0.0733. The fourth-order valence-corrected chi connectivity index (χ4v) is 4.47. The zero-order valence-corrected chi connectivity index (χ0v) is 15.6. The van der Waals surface area contributed by atoms with Crippen LogP contribution in [0.2, 0.25) is 0 Å². The van der Waals surface area contributed by atoms with Crippen LogP contribution in [0.5, 0.6) is 5.75 Å². The molecule has 0 radical (unpaired) electrons. The Morgan fingerprint density at radius 2 is 1.96 bits per heavy atom. The number of phenolic OH excluding ortho intramolecular Hbond substituents is 1. The number of nitrogens with one attached hydrogen (secondary N) is 2. The van der Waals surface area contributed by atoms with Gasteiger partial charge in [-0.3, -0.25) is 9.52 Å². The Balaban J connectivity index is 0.00000225. The fraction of sp³-hybridized carbons (Fsp3) is 0.267. The van der Waals surface area contributed by atoms with E-state index in [0.717, 1.165) is 11.3 Å². The van der Waals surface area contributed by atoms with Crippen LogP contribution in [-0.4, -0.2) is 50.5 Å². The van der Waals surface area contributed by atoms with Crippen LogP contribution in [0.1, 0.15) is 10.4 Å². The number of phenols is 1. The second kappa shape index (κ2) is 8.05. The fourth-order valence-electron chi connectivity index (χ4n) is 2.43. The molecule has 1 saturated heterocycles. The van der Waals surface area contributed by atoms with E-state index in [1.54, 1.807) is 16.3 Å². The van der Waals surface area contributed by atoms with Gasteiger partial charge in [-0.25, -0.2) is 8.42 Å². The quantitative estimate of drug-likeness (QED) is 0.675. The monoisotopic (exact) mass is 403 g/mol. The smallest absolute Gasteiger partial charge is 0.271 e. The summed E-state index contributed by atoms with van der Waals surface area (Å²) in [5, 5.41) is 14.8. The van der Waals surface area contributed by atoms with Crippen molar-refractivity contribution < 1.29 is 18.3 Å². The average molecular weight is 404 g/mol. The molecular weight excluding hydrogens is 386 g/mol. The van der Waals surface area contributed by atoms with Gasteiger partial charge in [0.05, 0.1) is 5.56 Å². The summed E-state index contributed by atoms with van der Waals surface area (Å²) in [6.45, 7) is 2.47. The first-order valence-corrected chi connectivity index (χ1v) is 9.73. The molecule has 0 saturated carbocycles. The SMILES string of the molecule is Cl.O=C(c1cc(NS(=O)(=O)c2cccs2)ccc1O)N1CCNCC1. The zero-order chi connectivity index (χ0) is 17.2. The number of thiophene rings is 1. The Morgan fingerprint density at radius 1 is 1.24 bits per heavy atom. The predicted octanol–water partition coefficient (Wildman–Crippen LogP) is 1.72. The molecule has 1 aromatic carbocycles. The van der Waals surface area contributed by atoms with Gasteiger partial charge in [-0.05, 0) is 29.6 Å². The number of aromatic hydroxyl groups is 1. The number of piperazine rings is 1. The van der Waals surface area contributed by atoms with E-state index >= 15 is 0 Å². The molecule has 1 amide bonds. The van der Waals surface area contributed by atoms with Crippen LogP contribution in [0, 0.1) is 0 Å². The number of rotatable bonds is 4. The van der Waals surface area contributed by atoms with Gasteiger partial charge in [0, 0.05) is 31.9 Å². The van der Waals surface area contributed by atoms with Gasteiger partial charge in [-0.15, -0.1) is 23.7 Å². The lowest BCUT2D eigenvalue weighted by atomic mass is 10.1. The number of hydrogen-bond donors (Lipinski definition) is 3. The topological polar surface area (TPSA) is 98.7 Å². The minimum absolute atomic E-state index is 0. The molecule has 2 heterocycles. The standard InChI is InChI=1S/C15H17N3O4S2.ClH/c19-13-4-3-11(17-24(21,22)14-2-1-9-23-14)10-12(13)15(20)18-7-5-16-6-8-18;/h1-4,9-10,16-17,19H,5-8H2;1H. The lowest BCUT2D eigenvalue weighted by Gasteiger charge is -2.27. The molecule has 7 nitrogen and oxygen atoms in total. The van der Waals surface area contributed by atoms with Gasteiger partial charge < -0.3 is 15.3 Å². The van der Waals surface area contributed by atoms with Crippen molar-refractivity contribution in [2.75, 3.05) is 30.9 Å². The zero-order valence-electron chi connectivity index (χ0n) is 13.1. The average Bonchev–Trinajstić information content (AvgIpc) is 3.12. The largest absolute Gasteiger partial charge is 0.507 e. The molecule has 25 heavy (non-hydrogen) atoms. The van der Waals surface area contributed by atoms with E-state index in [9.17, 15) is 18.3 Å². The third-order valence-corrected chi connectivity index (χ3v) is 6.42. The van der Waals surface area contributed by atoms with Crippen molar-refractivity contribution in [2.24, 2.45) is 0 Å². The molecule has 136 valence electrons. The van der Waals surface area contributed by atoms with Gasteiger partial charge in [0.15, 0.2) is 0 Å². The van der Waals surface area contributed by atoms with Crippen LogP contribution >= 0.6 is 23.7 Å². The normalized spacial score (nSPS) is 14.6. The first-order chi connectivity index (χ1) is 11.5. The highest BCUT2D eigenvalue weighted by atomic mass is 35.5. The van der Waals surface area contributed by atoms with E-state index in [0.29, 0.717) is 26.2 Å². The van der Waals surface area contributed by atoms with Gasteiger partial charge in [-0.1, -0.05) is 6.07 Å². The lowest BCUT2D eigenvalue weighted by Crippen LogP contribution is -2.46. The Bertz CT molecular complexity index is 834. The van der Waals surface area contributed by atoms with E-state index in [-0.39, 0.29) is 39.5 Å². The molecule has 1 aliphatic rings. The summed E-state index contributed by atoms with van der Waals surface area (Å²) in [5.74, 6) is -0.483. The Kier molecular flexibility index (Phi) is 6.28. The van der Waals surface area contributed by atoms with E-state index in [1.165, 1.54) is 24.3 Å². The number of benzene rings is 1. The van der Waals surface area contributed by atoms with Crippen molar-refractivity contribution in [3.05, 3.63) is 41.3 Å². The summed E-state index contributed by atoms with van der Waals surface area (Å²) >= 11 is 1.10. The maximum atomic E-state index is 12.5. The van der Waals surface area contributed by atoms with Crippen molar-refractivity contribution in [3.8, 4) is 5.75 Å². The molecule has 1 aromatic heterocycles. The van der Waals surface area contributed by atoms with Crippen molar-refractivity contribution in [1.29, 1.82) is 0 Å². The third-order valence-electron chi connectivity index (χ3n) is 3.64. The van der Waals surface area contributed by atoms with E-state index in [2.05, 4.69) is 10.0 Å². The van der Waals surface area contributed by atoms with Crippen LogP contribution < -0.4 is 10.0 Å². The van der Waals surface area contributed by atoms with Gasteiger partial charge in [-0.2, -0.15) is 0 Å². The summed E-state index contributed by atoms with van der Waals surface area (Å²) in [4.78, 5) is 14.2. The number of carbonyl (C=O) groups excluding carboxylic acids is 1. The summed E-state index contributed by atoms with van der Waals surface area (Å²) < 4.78 is 27.1. The predicted molar refractivity (Wildman–Crippen MR) is 99.3 cm³/mol. The minimum atomic E-state index is -3.70.